The number of hydrogen-bond acceptors (Lipinski definition) is 4. The third kappa shape index (κ3) is 3.68. The second-order valence-electron chi connectivity index (χ2n) is 4.73. The van der Waals surface area contributed by atoms with Crippen molar-refractivity contribution in [2.45, 2.75) is 12.5 Å². The highest BCUT2D eigenvalue weighted by Gasteiger charge is 2.09. The molecule has 0 bridgehead atoms. The lowest BCUT2D eigenvalue weighted by molar-refractivity contribution is 0.475. The number of nitrogens with zero attached hydrogens (tertiary/aromatic N) is 2. The number of phenolic OH excluding ortho intramolecular Hbond substituents is 1. The summed E-state index contributed by atoms with van der Waals surface area (Å²) >= 11 is 0. The molecule has 2 aromatic rings. The molecule has 0 saturated heterocycles. The Morgan fingerprint density at radius 2 is 1.95 bits per heavy atom. The van der Waals surface area contributed by atoms with Gasteiger partial charge in [0.05, 0.1) is 11.9 Å². The monoisotopic (exact) mass is 275 g/mol. The van der Waals surface area contributed by atoms with Gasteiger partial charge in [0.15, 0.2) is 0 Å². The van der Waals surface area contributed by atoms with E-state index in [-0.39, 0.29) is 17.6 Å². The predicted octanol–water partition coefficient (Wildman–Crippen LogP) is 2.45. The molecular formula is C15H18FN3O. The Morgan fingerprint density at radius 3 is 2.55 bits per heavy atom. The largest absolute Gasteiger partial charge is 0.508 e. The van der Waals surface area contributed by atoms with Gasteiger partial charge < -0.3 is 15.7 Å². The van der Waals surface area contributed by atoms with Crippen molar-refractivity contribution in [1.29, 1.82) is 0 Å². The number of rotatable bonds is 5. The summed E-state index contributed by atoms with van der Waals surface area (Å²) < 4.78 is 12.8. The van der Waals surface area contributed by atoms with E-state index in [9.17, 15) is 9.50 Å². The van der Waals surface area contributed by atoms with Gasteiger partial charge in [-0.15, -0.1) is 0 Å². The van der Waals surface area contributed by atoms with E-state index in [1.54, 1.807) is 18.2 Å². The zero-order valence-electron chi connectivity index (χ0n) is 11.3. The van der Waals surface area contributed by atoms with Crippen LogP contribution in [0.3, 0.4) is 0 Å². The number of anilines is 1. The zero-order chi connectivity index (χ0) is 14.5. The van der Waals surface area contributed by atoms with Crippen molar-refractivity contribution in [2.24, 2.45) is 5.73 Å². The predicted molar refractivity (Wildman–Crippen MR) is 77.1 cm³/mol. The summed E-state index contributed by atoms with van der Waals surface area (Å²) in [5.41, 5.74) is 7.73. The SMILES string of the molecule is CN(CCC(N)c1ccc(F)cn1)c1ccc(O)cc1. The van der Waals surface area contributed by atoms with Gasteiger partial charge in [0.2, 0.25) is 0 Å². The number of benzene rings is 1. The first kappa shape index (κ1) is 14.3. The summed E-state index contributed by atoms with van der Waals surface area (Å²) in [6.07, 6.45) is 1.88. The number of aromatic nitrogens is 1. The second-order valence-corrected chi connectivity index (χ2v) is 4.73. The summed E-state index contributed by atoms with van der Waals surface area (Å²) in [4.78, 5) is 6.03. The van der Waals surface area contributed by atoms with Gasteiger partial charge in [-0.1, -0.05) is 0 Å². The third-order valence-corrected chi connectivity index (χ3v) is 3.20. The molecule has 0 radical (unpaired) electrons. The van der Waals surface area contributed by atoms with Crippen LogP contribution in [0.5, 0.6) is 5.75 Å². The van der Waals surface area contributed by atoms with E-state index in [2.05, 4.69) is 4.98 Å². The van der Waals surface area contributed by atoms with E-state index in [0.29, 0.717) is 12.1 Å². The molecule has 1 aromatic heterocycles. The van der Waals surface area contributed by atoms with Crippen molar-refractivity contribution >= 4 is 5.69 Å². The van der Waals surface area contributed by atoms with Gasteiger partial charge >= 0.3 is 0 Å². The van der Waals surface area contributed by atoms with Gasteiger partial charge in [0.1, 0.15) is 11.6 Å². The Balaban J connectivity index is 1.91. The molecule has 1 aromatic carbocycles. The zero-order valence-corrected chi connectivity index (χ0v) is 11.3. The summed E-state index contributed by atoms with van der Waals surface area (Å²) in [6.45, 7) is 0.741. The van der Waals surface area contributed by atoms with Gasteiger partial charge in [0, 0.05) is 25.3 Å². The number of aromatic hydroxyl groups is 1. The van der Waals surface area contributed by atoms with Crippen molar-refractivity contribution in [2.75, 3.05) is 18.5 Å². The van der Waals surface area contributed by atoms with Crippen LogP contribution < -0.4 is 10.6 Å². The first-order valence-electron chi connectivity index (χ1n) is 6.43. The standard InChI is InChI=1S/C15H18FN3O/c1-19(12-3-5-13(20)6-4-12)9-8-14(17)15-7-2-11(16)10-18-15/h2-7,10,14,20H,8-9,17H2,1H3. The summed E-state index contributed by atoms with van der Waals surface area (Å²) in [5.74, 6) is -0.114. The molecule has 1 heterocycles. The van der Waals surface area contributed by atoms with Gasteiger partial charge in [-0.3, -0.25) is 4.98 Å². The molecule has 1 atom stereocenters. The van der Waals surface area contributed by atoms with Crippen LogP contribution in [0.15, 0.2) is 42.6 Å². The molecule has 0 aliphatic rings. The Morgan fingerprint density at radius 1 is 1.25 bits per heavy atom. The average Bonchev–Trinajstić information content (AvgIpc) is 2.46. The quantitative estimate of drug-likeness (QED) is 0.880. The Labute approximate surface area is 117 Å². The molecular weight excluding hydrogens is 257 g/mol. The van der Waals surface area contributed by atoms with Crippen LogP contribution in [0.1, 0.15) is 18.2 Å². The highest BCUT2D eigenvalue weighted by Crippen LogP contribution is 2.19. The number of halogens is 1. The fourth-order valence-electron chi connectivity index (χ4n) is 1.92. The van der Waals surface area contributed by atoms with Crippen LogP contribution in [0.25, 0.3) is 0 Å². The minimum Gasteiger partial charge on any atom is -0.508 e. The number of phenols is 1. The molecule has 106 valence electrons. The molecule has 5 heteroatoms. The third-order valence-electron chi connectivity index (χ3n) is 3.20. The fourth-order valence-corrected chi connectivity index (χ4v) is 1.92. The molecule has 0 aliphatic heterocycles. The Hall–Kier alpha value is -2.14. The molecule has 4 nitrogen and oxygen atoms in total. The molecule has 0 fully saturated rings. The molecule has 0 saturated carbocycles. The minimum absolute atomic E-state index is 0.227. The molecule has 0 aliphatic carbocycles. The summed E-state index contributed by atoms with van der Waals surface area (Å²) in [6, 6.07) is 9.73. The van der Waals surface area contributed by atoms with Crippen LogP contribution in [-0.4, -0.2) is 23.7 Å². The van der Waals surface area contributed by atoms with Crippen molar-refractivity contribution in [3.8, 4) is 5.75 Å². The lowest BCUT2D eigenvalue weighted by Crippen LogP contribution is -2.23. The maximum absolute atomic E-state index is 12.8. The van der Waals surface area contributed by atoms with E-state index in [0.717, 1.165) is 12.2 Å². The lowest BCUT2D eigenvalue weighted by atomic mass is 10.1. The topological polar surface area (TPSA) is 62.4 Å². The van der Waals surface area contributed by atoms with Crippen molar-refractivity contribution < 1.29 is 9.50 Å². The van der Waals surface area contributed by atoms with E-state index in [1.165, 1.54) is 12.3 Å². The molecule has 1 unspecified atom stereocenters. The molecule has 20 heavy (non-hydrogen) atoms. The highest BCUT2D eigenvalue weighted by molar-refractivity contribution is 5.47. The summed E-state index contributed by atoms with van der Waals surface area (Å²) in [7, 11) is 1.96. The van der Waals surface area contributed by atoms with Crippen LogP contribution >= 0.6 is 0 Å². The smallest absolute Gasteiger partial charge is 0.141 e. The number of pyridine rings is 1. The van der Waals surface area contributed by atoms with E-state index in [1.807, 2.05) is 24.1 Å². The first-order valence-corrected chi connectivity index (χ1v) is 6.43. The van der Waals surface area contributed by atoms with Crippen LogP contribution in [-0.2, 0) is 0 Å². The van der Waals surface area contributed by atoms with E-state index < -0.39 is 0 Å². The van der Waals surface area contributed by atoms with Crippen molar-refractivity contribution in [1.82, 2.24) is 4.98 Å². The Kier molecular flexibility index (Phi) is 4.53. The van der Waals surface area contributed by atoms with Crippen molar-refractivity contribution in [3.05, 3.63) is 54.1 Å². The Bertz CT molecular complexity index is 491. The number of hydrogen-bond donors (Lipinski definition) is 2. The fraction of sp³-hybridized carbons (Fsp3) is 0.267. The van der Waals surface area contributed by atoms with Crippen molar-refractivity contribution in [3.63, 3.8) is 0 Å². The molecule has 3 N–H and O–H groups in total. The second kappa shape index (κ2) is 6.34. The first-order chi connectivity index (χ1) is 9.56. The average molecular weight is 275 g/mol. The van der Waals surface area contributed by atoms with Crippen LogP contribution in [0.4, 0.5) is 10.1 Å². The van der Waals surface area contributed by atoms with E-state index in [4.69, 9.17) is 5.73 Å². The van der Waals surface area contributed by atoms with Gasteiger partial charge in [-0.25, -0.2) is 4.39 Å². The maximum Gasteiger partial charge on any atom is 0.141 e. The summed E-state index contributed by atoms with van der Waals surface area (Å²) in [5, 5.41) is 9.25. The molecule has 0 amide bonds. The van der Waals surface area contributed by atoms with Crippen LogP contribution in [0, 0.1) is 5.82 Å². The van der Waals surface area contributed by atoms with Gasteiger partial charge in [-0.2, -0.15) is 0 Å². The minimum atomic E-state index is -0.359. The molecule has 2 rings (SSSR count). The molecule has 0 spiro atoms. The maximum atomic E-state index is 12.8. The van der Waals surface area contributed by atoms with Crippen LogP contribution in [0.2, 0.25) is 0 Å². The van der Waals surface area contributed by atoms with Gasteiger partial charge in [0.25, 0.3) is 0 Å². The normalized spacial score (nSPS) is 12.2. The number of nitrogens with two attached hydrogens (primary N) is 1. The van der Waals surface area contributed by atoms with Gasteiger partial charge in [-0.05, 0) is 42.8 Å². The highest BCUT2D eigenvalue weighted by atomic mass is 19.1. The lowest BCUT2D eigenvalue weighted by Gasteiger charge is -2.21. The van der Waals surface area contributed by atoms with E-state index >= 15 is 0 Å².